The van der Waals surface area contributed by atoms with Gasteiger partial charge in [0.05, 0.1) is 11.1 Å². The molecular formula is C16H18N2O3. The molecule has 1 aromatic heterocycles. The fraction of sp³-hybridized carbons (Fsp3) is 0.312. The smallest absolute Gasteiger partial charge is 0.339 e. The first-order chi connectivity index (χ1) is 10.0. The maximum absolute atomic E-state index is 12.3. The summed E-state index contributed by atoms with van der Waals surface area (Å²) in [5.74, 6) is -0.823. The Morgan fingerprint density at radius 3 is 2.76 bits per heavy atom. The van der Waals surface area contributed by atoms with E-state index in [4.69, 9.17) is 4.74 Å². The number of rotatable bonds is 4. The van der Waals surface area contributed by atoms with Crippen molar-refractivity contribution >= 4 is 22.8 Å². The molecule has 1 amide bonds. The van der Waals surface area contributed by atoms with Crippen molar-refractivity contribution in [2.45, 2.75) is 26.9 Å². The fourth-order valence-corrected chi connectivity index (χ4v) is 2.07. The molecule has 1 N–H and O–H groups in total. The molecular weight excluding hydrogens is 268 g/mol. The van der Waals surface area contributed by atoms with Crippen LogP contribution in [0, 0.1) is 6.92 Å². The van der Waals surface area contributed by atoms with E-state index in [2.05, 4.69) is 10.3 Å². The molecule has 110 valence electrons. The molecule has 5 nitrogen and oxygen atoms in total. The molecule has 21 heavy (non-hydrogen) atoms. The summed E-state index contributed by atoms with van der Waals surface area (Å²) >= 11 is 0. The molecule has 1 atom stereocenters. The Kier molecular flexibility index (Phi) is 4.52. The molecule has 0 aliphatic carbocycles. The number of fused-ring (bicyclic) bond motifs is 1. The van der Waals surface area contributed by atoms with Crippen LogP contribution in [0.1, 0.15) is 29.9 Å². The number of para-hydroxylation sites is 1. The van der Waals surface area contributed by atoms with Crippen LogP contribution in [0.2, 0.25) is 0 Å². The van der Waals surface area contributed by atoms with E-state index in [1.165, 1.54) is 0 Å². The summed E-state index contributed by atoms with van der Waals surface area (Å²) in [6, 6.07) is 9.03. The zero-order valence-electron chi connectivity index (χ0n) is 12.3. The number of nitrogens with zero attached hydrogens (tertiary/aromatic N) is 1. The van der Waals surface area contributed by atoms with Crippen molar-refractivity contribution in [3.63, 3.8) is 0 Å². The zero-order chi connectivity index (χ0) is 15.4. The van der Waals surface area contributed by atoms with Gasteiger partial charge in [-0.15, -0.1) is 0 Å². The van der Waals surface area contributed by atoms with Gasteiger partial charge in [0.25, 0.3) is 5.91 Å². The van der Waals surface area contributed by atoms with Gasteiger partial charge in [0, 0.05) is 17.6 Å². The van der Waals surface area contributed by atoms with Gasteiger partial charge in [0.2, 0.25) is 0 Å². The average Bonchev–Trinajstić information content (AvgIpc) is 2.46. The topological polar surface area (TPSA) is 68.3 Å². The number of nitrogens with one attached hydrogen (secondary N) is 1. The minimum Gasteiger partial charge on any atom is -0.449 e. The molecule has 0 spiro atoms. The molecule has 1 aromatic carbocycles. The number of aryl methyl sites for hydroxylation is 1. The minimum atomic E-state index is -0.829. The Morgan fingerprint density at radius 1 is 1.33 bits per heavy atom. The van der Waals surface area contributed by atoms with Crippen LogP contribution >= 0.6 is 0 Å². The summed E-state index contributed by atoms with van der Waals surface area (Å²) in [6.45, 7) is 5.68. The minimum absolute atomic E-state index is 0.305. The van der Waals surface area contributed by atoms with Crippen molar-refractivity contribution in [2.75, 3.05) is 6.54 Å². The summed E-state index contributed by atoms with van der Waals surface area (Å²) in [7, 11) is 0. The quantitative estimate of drug-likeness (QED) is 0.875. The van der Waals surface area contributed by atoms with Crippen LogP contribution in [0.25, 0.3) is 10.9 Å². The molecule has 1 heterocycles. The molecule has 0 saturated carbocycles. The highest BCUT2D eigenvalue weighted by molar-refractivity contribution is 6.04. The van der Waals surface area contributed by atoms with E-state index in [1.807, 2.05) is 38.1 Å². The molecule has 2 rings (SSSR count). The number of esters is 1. The van der Waals surface area contributed by atoms with Crippen LogP contribution in [-0.4, -0.2) is 29.5 Å². The predicted octanol–water partition coefficient (Wildman–Crippen LogP) is 2.22. The van der Waals surface area contributed by atoms with Crippen LogP contribution in [0.15, 0.2) is 30.3 Å². The van der Waals surface area contributed by atoms with Gasteiger partial charge in [0.1, 0.15) is 0 Å². The summed E-state index contributed by atoms with van der Waals surface area (Å²) < 4.78 is 5.24. The Balaban J connectivity index is 2.29. The summed E-state index contributed by atoms with van der Waals surface area (Å²) in [6.07, 6.45) is -0.829. The first-order valence-corrected chi connectivity index (χ1v) is 6.88. The number of carbonyl (C=O) groups excluding carboxylic acids is 2. The monoisotopic (exact) mass is 286 g/mol. The first-order valence-electron chi connectivity index (χ1n) is 6.88. The Hall–Kier alpha value is -2.43. The number of amides is 1. The largest absolute Gasteiger partial charge is 0.449 e. The first kappa shape index (κ1) is 15.0. The van der Waals surface area contributed by atoms with Crippen LogP contribution in [0.4, 0.5) is 0 Å². The van der Waals surface area contributed by atoms with Gasteiger partial charge in [-0.05, 0) is 32.9 Å². The normalized spacial score (nSPS) is 12.0. The van der Waals surface area contributed by atoms with Crippen molar-refractivity contribution in [3.8, 4) is 0 Å². The third-order valence-electron chi connectivity index (χ3n) is 3.07. The maximum Gasteiger partial charge on any atom is 0.339 e. The van der Waals surface area contributed by atoms with Crippen LogP contribution in [-0.2, 0) is 9.53 Å². The second-order valence-corrected chi connectivity index (χ2v) is 4.77. The van der Waals surface area contributed by atoms with Gasteiger partial charge in [0.15, 0.2) is 6.10 Å². The molecule has 0 unspecified atom stereocenters. The lowest BCUT2D eigenvalue weighted by molar-refractivity contribution is -0.128. The number of hydrogen-bond donors (Lipinski definition) is 1. The lowest BCUT2D eigenvalue weighted by atomic mass is 10.1. The van der Waals surface area contributed by atoms with Crippen LogP contribution < -0.4 is 5.32 Å². The SMILES string of the molecule is CCNC(=O)[C@@H](C)OC(=O)c1cc(C)nc2ccccc12. The molecule has 0 bridgehead atoms. The second kappa shape index (κ2) is 6.35. The van der Waals surface area contributed by atoms with E-state index in [-0.39, 0.29) is 5.91 Å². The van der Waals surface area contributed by atoms with Gasteiger partial charge >= 0.3 is 5.97 Å². The van der Waals surface area contributed by atoms with Gasteiger partial charge in [-0.3, -0.25) is 9.78 Å². The van der Waals surface area contributed by atoms with E-state index >= 15 is 0 Å². The Labute approximate surface area is 123 Å². The van der Waals surface area contributed by atoms with E-state index in [0.717, 1.165) is 16.6 Å². The number of hydrogen-bond acceptors (Lipinski definition) is 4. The predicted molar refractivity (Wildman–Crippen MR) is 80.0 cm³/mol. The molecule has 2 aromatic rings. The van der Waals surface area contributed by atoms with Crippen molar-refractivity contribution < 1.29 is 14.3 Å². The van der Waals surface area contributed by atoms with Crippen molar-refractivity contribution in [3.05, 3.63) is 41.6 Å². The third kappa shape index (κ3) is 3.37. The Morgan fingerprint density at radius 2 is 2.05 bits per heavy atom. The maximum atomic E-state index is 12.3. The van der Waals surface area contributed by atoms with Crippen molar-refractivity contribution in [1.29, 1.82) is 0 Å². The highest BCUT2D eigenvalue weighted by atomic mass is 16.5. The van der Waals surface area contributed by atoms with Crippen LogP contribution in [0.5, 0.6) is 0 Å². The van der Waals surface area contributed by atoms with E-state index in [0.29, 0.717) is 12.1 Å². The van der Waals surface area contributed by atoms with Gasteiger partial charge in [-0.1, -0.05) is 18.2 Å². The number of carbonyl (C=O) groups is 2. The molecule has 0 aliphatic rings. The molecule has 0 saturated heterocycles. The third-order valence-corrected chi connectivity index (χ3v) is 3.07. The molecule has 5 heteroatoms. The van der Waals surface area contributed by atoms with Crippen molar-refractivity contribution in [2.24, 2.45) is 0 Å². The molecule has 0 fully saturated rings. The number of likely N-dealkylation sites (N-methyl/N-ethyl adjacent to an activating group) is 1. The molecule has 0 aliphatic heterocycles. The fourth-order valence-electron chi connectivity index (χ4n) is 2.07. The summed E-state index contributed by atoms with van der Waals surface area (Å²) in [5.41, 5.74) is 1.88. The number of pyridine rings is 1. The lowest BCUT2D eigenvalue weighted by Crippen LogP contribution is -2.35. The lowest BCUT2D eigenvalue weighted by Gasteiger charge is -2.14. The highest BCUT2D eigenvalue weighted by Gasteiger charge is 2.20. The highest BCUT2D eigenvalue weighted by Crippen LogP contribution is 2.19. The standard InChI is InChI=1S/C16H18N2O3/c1-4-17-15(19)11(3)21-16(20)13-9-10(2)18-14-8-6-5-7-12(13)14/h5-9,11H,4H2,1-3H3,(H,17,19)/t11-/m1/s1. The van der Waals surface area contributed by atoms with Crippen molar-refractivity contribution in [1.82, 2.24) is 10.3 Å². The van der Waals surface area contributed by atoms with Gasteiger partial charge in [-0.2, -0.15) is 0 Å². The molecule has 0 radical (unpaired) electrons. The van der Waals surface area contributed by atoms with Gasteiger partial charge < -0.3 is 10.1 Å². The second-order valence-electron chi connectivity index (χ2n) is 4.77. The zero-order valence-corrected chi connectivity index (χ0v) is 12.3. The summed E-state index contributed by atoms with van der Waals surface area (Å²) in [5, 5.41) is 3.34. The van der Waals surface area contributed by atoms with E-state index in [1.54, 1.807) is 13.0 Å². The van der Waals surface area contributed by atoms with Crippen LogP contribution in [0.3, 0.4) is 0 Å². The average molecular weight is 286 g/mol. The Bertz CT molecular complexity index is 682. The van der Waals surface area contributed by atoms with Gasteiger partial charge in [-0.25, -0.2) is 4.79 Å². The number of benzene rings is 1. The number of ether oxygens (including phenoxy) is 1. The van der Waals surface area contributed by atoms with E-state index in [9.17, 15) is 9.59 Å². The number of aromatic nitrogens is 1. The van der Waals surface area contributed by atoms with E-state index < -0.39 is 12.1 Å². The summed E-state index contributed by atoms with van der Waals surface area (Å²) in [4.78, 5) is 28.3.